The first kappa shape index (κ1) is 10.1. The molecular formula is C9H7BrCl2. The molecule has 0 aliphatic rings. The van der Waals surface area contributed by atoms with Gasteiger partial charge in [-0.2, -0.15) is 0 Å². The third kappa shape index (κ3) is 2.51. The van der Waals surface area contributed by atoms with Crippen molar-refractivity contribution in [2.45, 2.75) is 6.92 Å². The fourth-order valence-electron chi connectivity index (χ4n) is 0.844. The average molecular weight is 266 g/mol. The Morgan fingerprint density at radius 1 is 1.25 bits per heavy atom. The van der Waals surface area contributed by atoms with Crippen molar-refractivity contribution >= 4 is 44.7 Å². The molecule has 1 aromatic carbocycles. The molecule has 0 atom stereocenters. The summed E-state index contributed by atoms with van der Waals surface area (Å²) in [6, 6.07) is 5.47. The van der Waals surface area contributed by atoms with E-state index < -0.39 is 0 Å². The summed E-state index contributed by atoms with van der Waals surface area (Å²) in [6.07, 6.45) is 0. The first-order valence-electron chi connectivity index (χ1n) is 3.37. The van der Waals surface area contributed by atoms with E-state index in [0.29, 0.717) is 10.0 Å². The summed E-state index contributed by atoms with van der Waals surface area (Å²) in [5.41, 5.74) is 2.13. The summed E-state index contributed by atoms with van der Waals surface area (Å²) < 4.78 is 0. The maximum atomic E-state index is 5.82. The minimum absolute atomic E-state index is 0.659. The van der Waals surface area contributed by atoms with Crippen LogP contribution in [0.3, 0.4) is 0 Å². The summed E-state index contributed by atoms with van der Waals surface area (Å²) >= 11 is 14.9. The van der Waals surface area contributed by atoms with Crippen LogP contribution in [-0.4, -0.2) is 0 Å². The van der Waals surface area contributed by atoms with Gasteiger partial charge in [-0.3, -0.25) is 0 Å². The van der Waals surface area contributed by atoms with E-state index in [9.17, 15) is 0 Å². The lowest BCUT2D eigenvalue weighted by Crippen LogP contribution is -1.78. The van der Waals surface area contributed by atoms with Crippen molar-refractivity contribution < 1.29 is 0 Å². The second-order valence-corrected chi connectivity index (χ2v) is 3.78. The monoisotopic (exact) mass is 264 g/mol. The van der Waals surface area contributed by atoms with Gasteiger partial charge in [-0.15, -0.1) is 0 Å². The summed E-state index contributed by atoms with van der Waals surface area (Å²) in [5, 5.41) is 1.32. The van der Waals surface area contributed by atoms with Gasteiger partial charge in [-0.25, -0.2) is 0 Å². The molecule has 1 rings (SSSR count). The van der Waals surface area contributed by atoms with Crippen LogP contribution in [0.4, 0.5) is 0 Å². The van der Waals surface area contributed by atoms with E-state index in [1.807, 2.05) is 24.0 Å². The van der Waals surface area contributed by atoms with Crippen LogP contribution in [0, 0.1) is 0 Å². The summed E-state index contributed by atoms with van der Waals surface area (Å²) in [7, 11) is 0. The van der Waals surface area contributed by atoms with Crippen molar-refractivity contribution in [3.8, 4) is 0 Å². The highest BCUT2D eigenvalue weighted by Gasteiger charge is 1.98. The van der Waals surface area contributed by atoms with Crippen LogP contribution < -0.4 is 0 Å². The molecule has 0 radical (unpaired) electrons. The van der Waals surface area contributed by atoms with Gasteiger partial charge in [0.15, 0.2) is 0 Å². The van der Waals surface area contributed by atoms with E-state index in [1.165, 1.54) is 0 Å². The number of hydrogen-bond donors (Lipinski definition) is 0. The first-order chi connectivity index (χ1) is 5.63. The zero-order valence-electron chi connectivity index (χ0n) is 6.44. The molecule has 64 valence electrons. The van der Waals surface area contributed by atoms with Crippen LogP contribution in [0.2, 0.25) is 10.0 Å². The maximum Gasteiger partial charge on any atom is 0.0426 e. The molecule has 0 nitrogen and oxygen atoms in total. The van der Waals surface area contributed by atoms with Crippen LogP contribution in [0.1, 0.15) is 12.5 Å². The largest absolute Gasteiger partial charge is 0.0843 e. The molecule has 0 heterocycles. The van der Waals surface area contributed by atoms with Gasteiger partial charge >= 0.3 is 0 Å². The van der Waals surface area contributed by atoms with Crippen molar-refractivity contribution in [1.29, 1.82) is 0 Å². The maximum absolute atomic E-state index is 5.82. The normalized spacial score (nSPS) is 11.8. The molecule has 0 fully saturated rings. The molecule has 0 spiro atoms. The van der Waals surface area contributed by atoms with Crippen molar-refractivity contribution in [2.24, 2.45) is 0 Å². The molecule has 0 aromatic heterocycles. The van der Waals surface area contributed by atoms with Crippen LogP contribution in [0.5, 0.6) is 0 Å². The van der Waals surface area contributed by atoms with E-state index in [-0.39, 0.29) is 0 Å². The van der Waals surface area contributed by atoms with Gasteiger partial charge in [0.25, 0.3) is 0 Å². The highest BCUT2D eigenvalue weighted by Crippen LogP contribution is 2.24. The Morgan fingerprint density at radius 2 is 1.75 bits per heavy atom. The van der Waals surface area contributed by atoms with Gasteiger partial charge in [0, 0.05) is 10.0 Å². The van der Waals surface area contributed by atoms with Crippen LogP contribution in [0.15, 0.2) is 23.2 Å². The molecule has 0 aliphatic heterocycles. The van der Waals surface area contributed by atoms with E-state index in [4.69, 9.17) is 23.2 Å². The molecule has 3 heteroatoms. The van der Waals surface area contributed by atoms with Gasteiger partial charge in [0.1, 0.15) is 0 Å². The van der Waals surface area contributed by atoms with Gasteiger partial charge in [-0.05, 0) is 41.2 Å². The van der Waals surface area contributed by atoms with Crippen molar-refractivity contribution in [3.63, 3.8) is 0 Å². The lowest BCUT2D eigenvalue weighted by Gasteiger charge is -2.01. The van der Waals surface area contributed by atoms with Crippen molar-refractivity contribution in [3.05, 3.63) is 38.8 Å². The molecular weight excluding hydrogens is 259 g/mol. The predicted octanol–water partition coefficient (Wildman–Crippen LogP) is 4.75. The molecule has 0 aliphatic carbocycles. The fourth-order valence-corrected chi connectivity index (χ4v) is 1.63. The Balaban J connectivity index is 3.17. The Labute approximate surface area is 90.3 Å². The molecule has 0 saturated heterocycles. The summed E-state index contributed by atoms with van der Waals surface area (Å²) in [6.45, 7) is 1.98. The van der Waals surface area contributed by atoms with Crippen LogP contribution in [0.25, 0.3) is 5.57 Å². The Kier molecular flexibility index (Phi) is 3.63. The van der Waals surface area contributed by atoms with E-state index in [1.54, 1.807) is 6.07 Å². The fraction of sp³-hybridized carbons (Fsp3) is 0.111. The van der Waals surface area contributed by atoms with Gasteiger partial charge in [0.2, 0.25) is 0 Å². The van der Waals surface area contributed by atoms with Crippen LogP contribution >= 0.6 is 39.1 Å². The minimum atomic E-state index is 0.659. The Morgan fingerprint density at radius 3 is 2.17 bits per heavy atom. The Hall–Kier alpha value is 0.0200. The SMILES string of the molecule is CC(=CBr)c1cc(Cl)cc(Cl)c1. The highest BCUT2D eigenvalue weighted by molar-refractivity contribution is 9.11. The summed E-state index contributed by atoms with van der Waals surface area (Å²) in [4.78, 5) is 1.84. The van der Waals surface area contributed by atoms with Crippen molar-refractivity contribution in [2.75, 3.05) is 0 Å². The molecule has 12 heavy (non-hydrogen) atoms. The summed E-state index contributed by atoms with van der Waals surface area (Å²) in [5.74, 6) is 0. The first-order valence-corrected chi connectivity index (χ1v) is 5.04. The number of hydrogen-bond acceptors (Lipinski definition) is 0. The molecule has 0 bridgehead atoms. The standard InChI is InChI=1S/C9H7BrCl2/c1-6(5-10)7-2-8(11)4-9(12)3-7/h2-5H,1H3. The van der Waals surface area contributed by atoms with Gasteiger partial charge in [0.05, 0.1) is 0 Å². The smallest absolute Gasteiger partial charge is 0.0426 e. The van der Waals surface area contributed by atoms with E-state index in [2.05, 4.69) is 15.9 Å². The van der Waals surface area contributed by atoms with E-state index >= 15 is 0 Å². The topological polar surface area (TPSA) is 0 Å². The Bertz CT molecular complexity index is 298. The molecule has 0 amide bonds. The lowest BCUT2D eigenvalue weighted by molar-refractivity contribution is 1.58. The second kappa shape index (κ2) is 4.31. The third-order valence-electron chi connectivity index (χ3n) is 1.48. The molecule has 0 saturated carbocycles. The predicted molar refractivity (Wildman–Crippen MR) is 59.0 cm³/mol. The van der Waals surface area contributed by atoms with Crippen LogP contribution in [-0.2, 0) is 0 Å². The van der Waals surface area contributed by atoms with Crippen molar-refractivity contribution in [1.82, 2.24) is 0 Å². The number of rotatable bonds is 1. The third-order valence-corrected chi connectivity index (χ3v) is 2.60. The van der Waals surface area contributed by atoms with Gasteiger partial charge < -0.3 is 0 Å². The van der Waals surface area contributed by atoms with E-state index in [0.717, 1.165) is 11.1 Å². The number of halogens is 3. The lowest BCUT2D eigenvalue weighted by atomic mass is 10.1. The highest BCUT2D eigenvalue weighted by atomic mass is 79.9. The minimum Gasteiger partial charge on any atom is -0.0843 e. The quantitative estimate of drug-likeness (QED) is 0.688. The zero-order valence-corrected chi connectivity index (χ0v) is 9.54. The molecule has 1 aromatic rings. The second-order valence-electron chi connectivity index (χ2n) is 2.45. The number of allylic oxidation sites excluding steroid dienone is 1. The average Bonchev–Trinajstić information content (AvgIpc) is 2.01. The zero-order chi connectivity index (χ0) is 9.14. The number of benzene rings is 1. The van der Waals surface area contributed by atoms with Gasteiger partial charge in [-0.1, -0.05) is 39.1 Å². The molecule has 0 unspecified atom stereocenters. The molecule has 0 N–H and O–H groups in total.